The highest BCUT2D eigenvalue weighted by Crippen LogP contribution is 2.25. The van der Waals surface area contributed by atoms with Gasteiger partial charge in [0.2, 0.25) is 0 Å². The van der Waals surface area contributed by atoms with Gasteiger partial charge in [0.25, 0.3) is 0 Å². The van der Waals surface area contributed by atoms with Gasteiger partial charge in [-0.05, 0) is 37.8 Å². The number of hydrogen-bond acceptors (Lipinski definition) is 3. The van der Waals surface area contributed by atoms with Crippen molar-refractivity contribution in [3.8, 4) is 0 Å². The Balaban J connectivity index is 1.87. The van der Waals surface area contributed by atoms with Crippen LogP contribution in [0, 0.1) is 11.8 Å². The molecule has 0 aromatic carbocycles. The van der Waals surface area contributed by atoms with E-state index in [0.717, 1.165) is 24.8 Å². The van der Waals surface area contributed by atoms with E-state index in [4.69, 9.17) is 0 Å². The maximum atomic E-state index is 4.42. The van der Waals surface area contributed by atoms with Crippen LogP contribution in [-0.4, -0.2) is 37.6 Å². The summed E-state index contributed by atoms with van der Waals surface area (Å²) in [7, 11) is 0. The summed E-state index contributed by atoms with van der Waals surface area (Å²) in [6.07, 6.45) is 4.25. The first-order valence-electron chi connectivity index (χ1n) is 7.29. The number of piperidine rings is 1. The third-order valence-corrected chi connectivity index (χ3v) is 4.63. The van der Waals surface area contributed by atoms with Gasteiger partial charge in [-0.1, -0.05) is 36.7 Å². The normalized spacial score (nSPS) is 20.1. The van der Waals surface area contributed by atoms with E-state index in [2.05, 4.69) is 56.4 Å². The van der Waals surface area contributed by atoms with Gasteiger partial charge in [-0.25, -0.2) is 9.67 Å². The van der Waals surface area contributed by atoms with Crippen LogP contribution in [-0.2, 0) is 13.1 Å². The molecule has 0 saturated carbocycles. The van der Waals surface area contributed by atoms with Crippen molar-refractivity contribution in [3.05, 3.63) is 12.2 Å². The molecule has 1 aliphatic rings. The third kappa shape index (κ3) is 4.28. The Labute approximate surface area is 124 Å². The topological polar surface area (TPSA) is 34.0 Å². The van der Waals surface area contributed by atoms with Gasteiger partial charge in [0.05, 0.1) is 6.54 Å². The van der Waals surface area contributed by atoms with Crippen LogP contribution < -0.4 is 0 Å². The van der Waals surface area contributed by atoms with Crippen LogP contribution in [0.3, 0.4) is 0 Å². The van der Waals surface area contributed by atoms with E-state index in [1.807, 2.05) is 0 Å². The number of likely N-dealkylation sites (tertiary alicyclic amines) is 1. The number of aromatic nitrogens is 3. The maximum absolute atomic E-state index is 4.42. The van der Waals surface area contributed by atoms with Crippen LogP contribution in [0.2, 0.25) is 0 Å². The van der Waals surface area contributed by atoms with Crippen molar-refractivity contribution >= 4 is 15.9 Å². The lowest BCUT2D eigenvalue weighted by Gasteiger charge is -2.32. The molecule has 0 aliphatic carbocycles. The van der Waals surface area contributed by atoms with E-state index in [9.17, 15) is 0 Å². The summed E-state index contributed by atoms with van der Waals surface area (Å²) in [5, 5.41) is 4.34. The van der Waals surface area contributed by atoms with E-state index in [0.29, 0.717) is 10.7 Å². The van der Waals surface area contributed by atoms with Crippen LogP contribution in [0.25, 0.3) is 0 Å². The molecule has 2 rings (SSSR count). The second kappa shape index (κ2) is 6.84. The van der Waals surface area contributed by atoms with Crippen molar-refractivity contribution in [3.63, 3.8) is 0 Å². The Morgan fingerprint density at radius 1 is 1.32 bits per heavy atom. The van der Waals surface area contributed by atoms with E-state index in [1.165, 1.54) is 25.9 Å². The Morgan fingerprint density at radius 2 is 2.00 bits per heavy atom. The molecule has 1 unspecified atom stereocenters. The van der Waals surface area contributed by atoms with Crippen molar-refractivity contribution in [2.45, 2.75) is 51.5 Å². The molecule has 2 heterocycles. The molecule has 0 bridgehead atoms. The number of hydrogen-bond donors (Lipinski definition) is 0. The molecule has 1 atom stereocenters. The molecular formula is C14H25BrN4. The van der Waals surface area contributed by atoms with Gasteiger partial charge in [0.1, 0.15) is 12.2 Å². The zero-order chi connectivity index (χ0) is 13.8. The summed E-state index contributed by atoms with van der Waals surface area (Å²) >= 11 is 3.71. The predicted octanol–water partition coefficient (Wildman–Crippen LogP) is 2.93. The molecular weight excluding hydrogens is 304 g/mol. The second-order valence-corrected chi connectivity index (χ2v) is 7.49. The lowest BCUT2D eigenvalue weighted by atomic mass is 9.94. The van der Waals surface area contributed by atoms with E-state index in [-0.39, 0.29) is 0 Å². The van der Waals surface area contributed by atoms with Gasteiger partial charge in [-0.15, -0.1) is 0 Å². The molecule has 19 heavy (non-hydrogen) atoms. The molecule has 1 aromatic rings. The van der Waals surface area contributed by atoms with Crippen molar-refractivity contribution in [2.75, 3.05) is 13.1 Å². The van der Waals surface area contributed by atoms with E-state index >= 15 is 0 Å². The Bertz CT molecular complexity index is 381. The summed E-state index contributed by atoms with van der Waals surface area (Å²) < 4.78 is 2.06. The summed E-state index contributed by atoms with van der Waals surface area (Å²) in [6.45, 7) is 11.0. The van der Waals surface area contributed by atoms with Gasteiger partial charge in [0.15, 0.2) is 0 Å². The van der Waals surface area contributed by atoms with Gasteiger partial charge < -0.3 is 0 Å². The molecule has 1 aromatic heterocycles. The SMILES string of the molecule is CC(C)Cn1ncnc1CN1CCC(C(C)Br)CC1. The van der Waals surface area contributed by atoms with Crippen LogP contribution in [0.4, 0.5) is 0 Å². The minimum atomic E-state index is 0.612. The van der Waals surface area contributed by atoms with Crippen LogP contribution in [0.1, 0.15) is 39.4 Å². The molecule has 0 amide bonds. The average Bonchev–Trinajstić information content (AvgIpc) is 2.76. The van der Waals surface area contributed by atoms with Crippen molar-refractivity contribution in [1.82, 2.24) is 19.7 Å². The number of alkyl halides is 1. The fraction of sp³-hybridized carbons (Fsp3) is 0.857. The average molecular weight is 329 g/mol. The highest BCUT2D eigenvalue weighted by atomic mass is 79.9. The highest BCUT2D eigenvalue weighted by molar-refractivity contribution is 9.09. The maximum Gasteiger partial charge on any atom is 0.141 e. The Hall–Kier alpha value is -0.420. The van der Waals surface area contributed by atoms with Gasteiger partial charge in [-0.3, -0.25) is 4.90 Å². The summed E-state index contributed by atoms with van der Waals surface area (Å²) in [5.41, 5.74) is 0. The second-order valence-electron chi connectivity index (χ2n) is 6.04. The minimum absolute atomic E-state index is 0.612. The van der Waals surface area contributed by atoms with Crippen LogP contribution in [0.15, 0.2) is 6.33 Å². The van der Waals surface area contributed by atoms with Crippen LogP contribution >= 0.6 is 15.9 Å². The smallest absolute Gasteiger partial charge is 0.141 e. The summed E-state index contributed by atoms with van der Waals surface area (Å²) in [5.74, 6) is 2.55. The third-order valence-electron chi connectivity index (χ3n) is 3.88. The molecule has 0 N–H and O–H groups in total. The van der Waals surface area contributed by atoms with Crippen LogP contribution in [0.5, 0.6) is 0 Å². The highest BCUT2D eigenvalue weighted by Gasteiger charge is 2.23. The molecule has 0 spiro atoms. The molecule has 5 heteroatoms. The Morgan fingerprint density at radius 3 is 2.58 bits per heavy atom. The van der Waals surface area contributed by atoms with Crippen molar-refractivity contribution < 1.29 is 0 Å². The molecule has 1 fully saturated rings. The largest absolute Gasteiger partial charge is 0.296 e. The standard InChI is InChI=1S/C14H25BrN4/c1-11(2)8-19-14(16-10-17-19)9-18-6-4-13(5-7-18)12(3)15/h10-13H,4-9H2,1-3H3. The molecule has 0 radical (unpaired) electrons. The number of rotatable bonds is 5. The lowest BCUT2D eigenvalue weighted by molar-refractivity contribution is 0.171. The molecule has 1 saturated heterocycles. The molecule has 4 nitrogen and oxygen atoms in total. The number of halogens is 1. The summed E-state index contributed by atoms with van der Waals surface area (Å²) in [6, 6.07) is 0. The van der Waals surface area contributed by atoms with Gasteiger partial charge >= 0.3 is 0 Å². The number of nitrogens with zero attached hydrogens (tertiary/aromatic N) is 4. The monoisotopic (exact) mass is 328 g/mol. The van der Waals surface area contributed by atoms with E-state index in [1.54, 1.807) is 6.33 Å². The first kappa shape index (κ1) is 15.0. The minimum Gasteiger partial charge on any atom is -0.296 e. The zero-order valence-corrected chi connectivity index (χ0v) is 13.8. The quantitative estimate of drug-likeness (QED) is 0.779. The van der Waals surface area contributed by atoms with Crippen molar-refractivity contribution in [1.29, 1.82) is 0 Å². The first-order chi connectivity index (χ1) is 9.06. The molecule has 108 valence electrons. The first-order valence-corrected chi connectivity index (χ1v) is 8.21. The fourth-order valence-corrected chi connectivity index (χ4v) is 3.21. The summed E-state index contributed by atoms with van der Waals surface area (Å²) in [4.78, 5) is 7.56. The van der Waals surface area contributed by atoms with Crippen molar-refractivity contribution in [2.24, 2.45) is 11.8 Å². The Kier molecular flexibility index (Phi) is 5.39. The van der Waals surface area contributed by atoms with Gasteiger partial charge in [0, 0.05) is 11.4 Å². The predicted molar refractivity (Wildman–Crippen MR) is 81.3 cm³/mol. The lowest BCUT2D eigenvalue weighted by Crippen LogP contribution is -2.36. The van der Waals surface area contributed by atoms with E-state index < -0.39 is 0 Å². The zero-order valence-electron chi connectivity index (χ0n) is 12.2. The molecule has 1 aliphatic heterocycles. The fourth-order valence-electron chi connectivity index (χ4n) is 2.68. The van der Waals surface area contributed by atoms with Gasteiger partial charge in [-0.2, -0.15) is 5.10 Å².